The minimum absolute atomic E-state index is 0.171. The molecule has 0 unspecified atom stereocenters. The van der Waals surface area contributed by atoms with Gasteiger partial charge in [-0.2, -0.15) is 5.10 Å². The van der Waals surface area contributed by atoms with Crippen molar-refractivity contribution in [2.45, 2.75) is 39.2 Å². The van der Waals surface area contributed by atoms with Crippen LogP contribution in [0, 0.1) is 11.7 Å². The number of rotatable bonds is 3. The highest BCUT2D eigenvalue weighted by atomic mass is 19.1. The molecule has 5 rings (SSSR count). The first-order chi connectivity index (χ1) is 15.7. The third-order valence-corrected chi connectivity index (χ3v) is 6.60. The van der Waals surface area contributed by atoms with Gasteiger partial charge in [-0.05, 0) is 87.5 Å². The lowest BCUT2D eigenvalue weighted by atomic mass is 9.83. The number of carbonyl (C=O) groups excluding carboxylic acids is 1. The number of likely N-dealkylation sites (tertiary alicyclic amines) is 1. The highest BCUT2D eigenvalue weighted by molar-refractivity contribution is 6.20. The van der Waals surface area contributed by atoms with Crippen LogP contribution < -0.4 is 5.43 Å². The van der Waals surface area contributed by atoms with Crippen molar-refractivity contribution in [2.75, 3.05) is 33.2 Å². The van der Waals surface area contributed by atoms with Crippen LogP contribution in [-0.4, -0.2) is 60.3 Å². The number of nitrogens with zero attached hydrogens (tertiary/aromatic N) is 3. The van der Waals surface area contributed by atoms with E-state index in [2.05, 4.69) is 33.6 Å². The highest BCUT2D eigenvalue weighted by Gasteiger charge is 2.33. The number of hydrogen-bond donors (Lipinski definition) is 1. The SMILES string of the molecule is CN1C=C2C(=C(C3CCN(CC(=O)OC(C)(C)C)CC3)C1)NN=C1C=Cc3cc(F)cc2c31. The highest BCUT2D eigenvalue weighted by Crippen LogP contribution is 2.40. The molecular weight excluding hydrogens is 419 g/mol. The zero-order chi connectivity index (χ0) is 23.3. The van der Waals surface area contributed by atoms with E-state index in [1.807, 2.05) is 32.9 Å². The molecule has 0 bridgehead atoms. The van der Waals surface area contributed by atoms with Gasteiger partial charge in [0.1, 0.15) is 11.4 Å². The molecule has 1 aliphatic carbocycles. The number of carbonyl (C=O) groups is 1. The Balaban J connectivity index is 1.39. The smallest absolute Gasteiger partial charge is 0.320 e. The zero-order valence-electron chi connectivity index (χ0n) is 19.7. The van der Waals surface area contributed by atoms with Gasteiger partial charge in [-0.1, -0.05) is 6.08 Å². The molecule has 0 amide bonds. The molecule has 0 aromatic heterocycles. The van der Waals surface area contributed by atoms with Crippen LogP contribution in [0.3, 0.4) is 0 Å². The van der Waals surface area contributed by atoms with Crippen molar-refractivity contribution < 1.29 is 13.9 Å². The van der Waals surface area contributed by atoms with Crippen LogP contribution in [0.1, 0.15) is 50.3 Å². The van der Waals surface area contributed by atoms with Gasteiger partial charge >= 0.3 is 5.97 Å². The second-order valence-electron chi connectivity index (χ2n) is 10.4. The minimum Gasteiger partial charge on any atom is -0.459 e. The second-order valence-corrected chi connectivity index (χ2v) is 10.4. The number of allylic oxidation sites excluding steroid dienone is 2. The summed E-state index contributed by atoms with van der Waals surface area (Å²) in [7, 11) is 2.06. The standard InChI is InChI=1S/C26H31FN4O2/c1-26(2,3)33-23(32)15-31-9-7-16(8-10-31)20-13-30(4)14-21-19-12-18(27)11-17-5-6-22(24(17)19)28-29-25(20)21/h5-6,11-12,14,16,29H,7-10,13,15H2,1-4H3. The quantitative estimate of drug-likeness (QED) is 0.711. The van der Waals surface area contributed by atoms with Crippen molar-refractivity contribution in [3.63, 3.8) is 0 Å². The van der Waals surface area contributed by atoms with E-state index in [0.717, 1.165) is 66.1 Å². The number of hydrazone groups is 1. The van der Waals surface area contributed by atoms with E-state index in [1.54, 1.807) is 12.1 Å². The van der Waals surface area contributed by atoms with Crippen molar-refractivity contribution in [2.24, 2.45) is 11.0 Å². The fourth-order valence-electron chi connectivity index (χ4n) is 5.24. The van der Waals surface area contributed by atoms with Gasteiger partial charge in [-0.15, -0.1) is 0 Å². The third kappa shape index (κ3) is 4.34. The summed E-state index contributed by atoms with van der Waals surface area (Å²) in [6.07, 6.45) is 7.88. The van der Waals surface area contributed by atoms with Gasteiger partial charge in [0.25, 0.3) is 0 Å². The molecule has 6 nitrogen and oxygen atoms in total. The molecule has 3 heterocycles. The van der Waals surface area contributed by atoms with Gasteiger partial charge in [-0.25, -0.2) is 4.39 Å². The Morgan fingerprint density at radius 1 is 1.24 bits per heavy atom. The average molecular weight is 451 g/mol. The number of ether oxygens (including phenoxy) is 1. The van der Waals surface area contributed by atoms with E-state index in [1.165, 1.54) is 5.57 Å². The summed E-state index contributed by atoms with van der Waals surface area (Å²) >= 11 is 0. The molecule has 0 radical (unpaired) electrons. The van der Waals surface area contributed by atoms with Crippen LogP contribution >= 0.6 is 0 Å². The molecule has 1 aromatic carbocycles. The Morgan fingerprint density at radius 2 is 2.00 bits per heavy atom. The summed E-state index contributed by atoms with van der Waals surface area (Å²) in [6, 6.07) is 3.20. The molecule has 7 heteroatoms. The van der Waals surface area contributed by atoms with E-state index >= 15 is 0 Å². The number of likely N-dealkylation sites (N-methyl/N-ethyl adjacent to an activating group) is 1. The van der Waals surface area contributed by atoms with E-state index in [9.17, 15) is 9.18 Å². The Morgan fingerprint density at radius 3 is 2.73 bits per heavy atom. The predicted octanol–water partition coefficient (Wildman–Crippen LogP) is 3.75. The van der Waals surface area contributed by atoms with E-state index in [4.69, 9.17) is 4.74 Å². The first kappa shape index (κ1) is 21.9. The lowest BCUT2D eigenvalue weighted by Gasteiger charge is -2.37. The molecule has 1 saturated heterocycles. The Bertz CT molecular complexity index is 1120. The molecule has 0 atom stereocenters. The maximum atomic E-state index is 14.5. The van der Waals surface area contributed by atoms with Crippen molar-refractivity contribution in [3.05, 3.63) is 58.2 Å². The number of fused-ring (bicyclic) bond motifs is 2. The molecule has 0 spiro atoms. The van der Waals surface area contributed by atoms with Crippen molar-refractivity contribution in [3.8, 4) is 0 Å². The van der Waals surface area contributed by atoms with Crippen LogP contribution in [0.15, 0.2) is 40.8 Å². The largest absolute Gasteiger partial charge is 0.459 e. The van der Waals surface area contributed by atoms with Crippen molar-refractivity contribution in [1.29, 1.82) is 0 Å². The van der Waals surface area contributed by atoms with Crippen LogP contribution in [0.2, 0.25) is 0 Å². The van der Waals surface area contributed by atoms with Crippen molar-refractivity contribution >= 4 is 23.3 Å². The van der Waals surface area contributed by atoms with Crippen LogP contribution in [0.5, 0.6) is 0 Å². The number of esters is 1. The molecular formula is C26H31FN4O2. The third-order valence-electron chi connectivity index (χ3n) is 6.60. The molecule has 33 heavy (non-hydrogen) atoms. The van der Waals surface area contributed by atoms with E-state index < -0.39 is 5.60 Å². The van der Waals surface area contributed by atoms with Gasteiger partial charge in [-0.3, -0.25) is 15.1 Å². The number of nitrogens with one attached hydrogen (secondary N) is 1. The molecule has 4 aliphatic rings. The monoisotopic (exact) mass is 450 g/mol. The van der Waals surface area contributed by atoms with Crippen molar-refractivity contribution in [1.82, 2.24) is 15.2 Å². The second kappa shape index (κ2) is 8.13. The summed E-state index contributed by atoms with van der Waals surface area (Å²) in [6.45, 7) is 8.50. The minimum atomic E-state index is -0.463. The predicted molar refractivity (Wildman–Crippen MR) is 128 cm³/mol. The van der Waals surface area contributed by atoms with E-state index in [-0.39, 0.29) is 11.8 Å². The summed E-state index contributed by atoms with van der Waals surface area (Å²) in [5, 5.41) is 4.68. The number of halogens is 1. The molecule has 0 saturated carbocycles. The molecule has 1 N–H and O–H groups in total. The van der Waals surface area contributed by atoms with Gasteiger partial charge in [0.15, 0.2) is 0 Å². The first-order valence-electron chi connectivity index (χ1n) is 11.6. The Labute approximate surface area is 194 Å². The van der Waals surface area contributed by atoms with Gasteiger partial charge in [0.05, 0.1) is 18.0 Å². The molecule has 174 valence electrons. The van der Waals surface area contributed by atoms with Crippen LogP contribution in [-0.2, 0) is 9.53 Å². The normalized spacial score (nSPS) is 20.6. The van der Waals surface area contributed by atoms with Crippen LogP contribution in [0.4, 0.5) is 4.39 Å². The fraction of sp³-hybridized carbons (Fsp3) is 0.462. The summed E-state index contributed by atoms with van der Waals surface area (Å²) in [5.74, 6) is -0.0304. The van der Waals surface area contributed by atoms with Gasteiger partial charge in [0.2, 0.25) is 0 Å². The lowest BCUT2D eigenvalue weighted by molar-refractivity contribution is -0.156. The number of piperidine rings is 1. The first-order valence-corrected chi connectivity index (χ1v) is 11.6. The molecule has 1 aromatic rings. The molecule has 1 fully saturated rings. The van der Waals surface area contributed by atoms with Gasteiger partial charge in [0, 0.05) is 30.9 Å². The summed E-state index contributed by atoms with van der Waals surface area (Å²) in [5.41, 5.74) is 9.77. The average Bonchev–Trinajstić information content (AvgIpc) is 3.06. The van der Waals surface area contributed by atoms with Crippen LogP contribution in [0.25, 0.3) is 11.6 Å². The van der Waals surface area contributed by atoms with E-state index in [0.29, 0.717) is 12.5 Å². The maximum absolute atomic E-state index is 14.5. The fourth-order valence-corrected chi connectivity index (χ4v) is 5.24. The van der Waals surface area contributed by atoms with Gasteiger partial charge < -0.3 is 9.64 Å². The lowest BCUT2D eigenvalue weighted by Crippen LogP contribution is -2.41. The number of hydrogen-bond acceptors (Lipinski definition) is 6. The Kier molecular flexibility index (Phi) is 5.40. The zero-order valence-corrected chi connectivity index (χ0v) is 19.7. The summed E-state index contributed by atoms with van der Waals surface area (Å²) in [4.78, 5) is 16.6. The maximum Gasteiger partial charge on any atom is 0.320 e. The number of benzene rings is 1. The molecule has 3 aliphatic heterocycles. The Hall–Kier alpha value is -2.93. The topological polar surface area (TPSA) is 57.2 Å². The summed E-state index contributed by atoms with van der Waals surface area (Å²) < 4.78 is 19.9.